The molecule has 29 heavy (non-hydrogen) atoms. The van der Waals surface area contributed by atoms with Gasteiger partial charge in [-0.1, -0.05) is 31.5 Å². The molecule has 1 amide bonds. The van der Waals surface area contributed by atoms with Crippen molar-refractivity contribution >= 4 is 29.4 Å². The Morgan fingerprint density at radius 1 is 1.38 bits per heavy atom. The number of hydrogen-bond donors (Lipinski definition) is 2. The standard InChI is InChI=1S/C23H28ClN3O2/c1-5-9-27-21-12-20(24)17(11-19(21)15(2)13-23(27,3)4)14-25-26-22(29)16-7-6-8-18(28)10-16/h6-8,10-12,14-15,28H,5,9,13H2,1-4H3,(H,26,29)/b25-14+. The number of hydrogen-bond acceptors (Lipinski definition) is 4. The molecule has 0 saturated carbocycles. The van der Waals surface area contributed by atoms with E-state index in [1.807, 2.05) is 6.07 Å². The van der Waals surface area contributed by atoms with Crippen molar-refractivity contribution < 1.29 is 9.90 Å². The monoisotopic (exact) mass is 413 g/mol. The van der Waals surface area contributed by atoms with Gasteiger partial charge in [0.05, 0.1) is 11.2 Å². The Balaban J connectivity index is 1.84. The van der Waals surface area contributed by atoms with Crippen LogP contribution in [0.5, 0.6) is 5.75 Å². The number of carbonyl (C=O) groups is 1. The molecule has 0 saturated heterocycles. The summed E-state index contributed by atoms with van der Waals surface area (Å²) >= 11 is 6.56. The molecular formula is C23H28ClN3O2. The predicted octanol–water partition coefficient (Wildman–Crippen LogP) is 5.31. The van der Waals surface area contributed by atoms with Crippen molar-refractivity contribution in [3.8, 4) is 5.75 Å². The van der Waals surface area contributed by atoms with Gasteiger partial charge in [0.25, 0.3) is 5.91 Å². The lowest BCUT2D eigenvalue weighted by molar-refractivity contribution is 0.0954. The average Bonchev–Trinajstić information content (AvgIpc) is 2.65. The smallest absolute Gasteiger partial charge is 0.271 e. The van der Waals surface area contributed by atoms with E-state index < -0.39 is 5.91 Å². The summed E-state index contributed by atoms with van der Waals surface area (Å²) in [7, 11) is 0. The summed E-state index contributed by atoms with van der Waals surface area (Å²) in [6.45, 7) is 9.97. The highest BCUT2D eigenvalue weighted by Crippen LogP contribution is 2.45. The first-order chi connectivity index (χ1) is 13.7. The van der Waals surface area contributed by atoms with Crippen LogP contribution < -0.4 is 10.3 Å². The van der Waals surface area contributed by atoms with Gasteiger partial charge < -0.3 is 10.0 Å². The first-order valence-electron chi connectivity index (χ1n) is 9.96. The highest BCUT2D eigenvalue weighted by molar-refractivity contribution is 6.33. The number of nitrogens with zero attached hydrogens (tertiary/aromatic N) is 2. The van der Waals surface area contributed by atoms with Gasteiger partial charge in [0, 0.05) is 28.9 Å². The van der Waals surface area contributed by atoms with E-state index in [1.165, 1.54) is 23.4 Å². The molecule has 0 spiro atoms. The number of anilines is 1. The van der Waals surface area contributed by atoms with Crippen molar-refractivity contribution in [2.75, 3.05) is 11.4 Å². The van der Waals surface area contributed by atoms with Crippen molar-refractivity contribution in [2.45, 2.75) is 52.0 Å². The third kappa shape index (κ3) is 4.56. The molecule has 2 aromatic carbocycles. The third-order valence-electron chi connectivity index (χ3n) is 5.43. The molecule has 154 valence electrons. The average molecular weight is 414 g/mol. The maximum Gasteiger partial charge on any atom is 0.271 e. The van der Waals surface area contributed by atoms with Crippen LogP contribution in [0.1, 0.15) is 67.9 Å². The third-order valence-corrected chi connectivity index (χ3v) is 5.76. The minimum atomic E-state index is -0.393. The summed E-state index contributed by atoms with van der Waals surface area (Å²) in [4.78, 5) is 14.6. The SMILES string of the molecule is CCCN1c2cc(Cl)c(/C=N/NC(=O)c3cccc(O)c3)cc2C(C)CC1(C)C. The summed E-state index contributed by atoms with van der Waals surface area (Å²) < 4.78 is 0. The van der Waals surface area contributed by atoms with E-state index in [4.69, 9.17) is 11.6 Å². The minimum absolute atomic E-state index is 0.0351. The number of phenolic OH excluding ortho intramolecular Hbond substituents is 1. The Kier molecular flexibility index (Phi) is 6.18. The van der Waals surface area contributed by atoms with Crippen LogP contribution in [0.15, 0.2) is 41.5 Å². The largest absolute Gasteiger partial charge is 0.508 e. The van der Waals surface area contributed by atoms with Gasteiger partial charge in [0.2, 0.25) is 0 Å². The van der Waals surface area contributed by atoms with Crippen molar-refractivity contribution in [2.24, 2.45) is 5.10 Å². The fourth-order valence-corrected chi connectivity index (χ4v) is 4.35. The van der Waals surface area contributed by atoms with E-state index in [0.29, 0.717) is 16.5 Å². The van der Waals surface area contributed by atoms with Crippen LogP contribution in [-0.2, 0) is 0 Å². The molecule has 1 aliphatic rings. The van der Waals surface area contributed by atoms with E-state index in [0.717, 1.165) is 24.9 Å². The Morgan fingerprint density at radius 2 is 2.14 bits per heavy atom. The quantitative estimate of drug-likeness (QED) is 0.515. The zero-order valence-electron chi connectivity index (χ0n) is 17.4. The number of benzene rings is 2. The second-order valence-corrected chi connectivity index (χ2v) is 8.66. The lowest BCUT2D eigenvalue weighted by atomic mass is 9.79. The fraction of sp³-hybridized carbons (Fsp3) is 0.391. The lowest BCUT2D eigenvalue weighted by Crippen LogP contribution is -2.48. The second kappa shape index (κ2) is 8.46. The molecule has 0 aromatic heterocycles. The van der Waals surface area contributed by atoms with Crippen molar-refractivity contribution in [1.82, 2.24) is 5.43 Å². The minimum Gasteiger partial charge on any atom is -0.508 e. The Morgan fingerprint density at radius 3 is 2.83 bits per heavy atom. The number of carbonyl (C=O) groups excluding carboxylic acids is 1. The number of hydrazone groups is 1. The number of halogens is 1. The Bertz CT molecular complexity index is 940. The van der Waals surface area contributed by atoms with E-state index in [1.54, 1.807) is 18.3 Å². The summed E-state index contributed by atoms with van der Waals surface area (Å²) in [5.74, 6) is 0.0442. The number of phenols is 1. The van der Waals surface area contributed by atoms with Crippen LogP contribution in [0.3, 0.4) is 0 Å². The van der Waals surface area contributed by atoms with Gasteiger partial charge in [-0.3, -0.25) is 4.79 Å². The van der Waals surface area contributed by atoms with Crippen molar-refractivity contribution in [3.05, 3.63) is 58.1 Å². The van der Waals surface area contributed by atoms with E-state index in [-0.39, 0.29) is 11.3 Å². The molecule has 6 heteroatoms. The lowest BCUT2D eigenvalue weighted by Gasteiger charge is -2.47. The number of aromatic hydroxyl groups is 1. The molecule has 2 N–H and O–H groups in total. The number of fused-ring (bicyclic) bond motifs is 1. The molecule has 1 atom stereocenters. The normalized spacial score (nSPS) is 18.0. The number of nitrogens with one attached hydrogen (secondary N) is 1. The maximum atomic E-state index is 12.2. The molecule has 0 aliphatic carbocycles. The summed E-state index contributed by atoms with van der Waals surface area (Å²) in [5, 5.41) is 14.2. The molecule has 2 aromatic rings. The predicted molar refractivity (Wildman–Crippen MR) is 119 cm³/mol. The van der Waals surface area contributed by atoms with Crippen molar-refractivity contribution in [3.63, 3.8) is 0 Å². The van der Waals surface area contributed by atoms with E-state index in [9.17, 15) is 9.90 Å². The zero-order chi connectivity index (χ0) is 21.2. The van der Waals surface area contributed by atoms with Crippen LogP contribution in [0.4, 0.5) is 5.69 Å². The van der Waals surface area contributed by atoms with Crippen LogP contribution in [0.25, 0.3) is 0 Å². The highest BCUT2D eigenvalue weighted by Gasteiger charge is 2.36. The first kappa shape index (κ1) is 21.2. The first-order valence-corrected chi connectivity index (χ1v) is 10.3. The van der Waals surface area contributed by atoms with Crippen molar-refractivity contribution in [1.29, 1.82) is 0 Å². The molecule has 5 nitrogen and oxygen atoms in total. The van der Waals surface area contributed by atoms with Gasteiger partial charge in [-0.25, -0.2) is 5.43 Å². The van der Waals surface area contributed by atoms with Gasteiger partial charge in [-0.15, -0.1) is 0 Å². The van der Waals surface area contributed by atoms with E-state index >= 15 is 0 Å². The van der Waals surface area contributed by atoms with Crippen LogP contribution in [0.2, 0.25) is 5.02 Å². The van der Waals surface area contributed by atoms with E-state index in [2.05, 4.69) is 49.2 Å². The number of rotatable bonds is 5. The van der Waals surface area contributed by atoms with Crippen LogP contribution in [0, 0.1) is 0 Å². The molecule has 1 aliphatic heterocycles. The highest BCUT2D eigenvalue weighted by atomic mass is 35.5. The topological polar surface area (TPSA) is 64.9 Å². The second-order valence-electron chi connectivity index (χ2n) is 8.25. The van der Waals surface area contributed by atoms with Gasteiger partial charge in [0.15, 0.2) is 0 Å². The Hall–Kier alpha value is -2.53. The van der Waals surface area contributed by atoms with Crippen LogP contribution in [-0.4, -0.2) is 29.3 Å². The number of amides is 1. The molecule has 0 fully saturated rings. The van der Waals surface area contributed by atoms with Gasteiger partial charge >= 0.3 is 0 Å². The molecule has 0 bridgehead atoms. The van der Waals surface area contributed by atoms with Gasteiger partial charge in [0.1, 0.15) is 5.75 Å². The van der Waals surface area contributed by atoms with Crippen LogP contribution >= 0.6 is 11.6 Å². The molecule has 3 rings (SSSR count). The molecule has 0 radical (unpaired) electrons. The zero-order valence-corrected chi connectivity index (χ0v) is 18.1. The molecular weight excluding hydrogens is 386 g/mol. The van der Waals surface area contributed by atoms with Gasteiger partial charge in [-0.05, 0) is 68.5 Å². The van der Waals surface area contributed by atoms with Gasteiger partial charge in [-0.2, -0.15) is 5.10 Å². The summed E-state index contributed by atoms with van der Waals surface area (Å²) in [6, 6.07) is 10.2. The summed E-state index contributed by atoms with van der Waals surface area (Å²) in [5.41, 5.74) is 6.11. The molecule has 1 unspecified atom stereocenters. The Labute approximate surface area is 177 Å². The maximum absolute atomic E-state index is 12.2. The molecule has 1 heterocycles. The summed E-state index contributed by atoms with van der Waals surface area (Å²) in [6.07, 6.45) is 3.70. The fourth-order valence-electron chi connectivity index (χ4n) is 4.14.